The van der Waals surface area contributed by atoms with Crippen LogP contribution in [0.15, 0.2) is 12.2 Å². The van der Waals surface area contributed by atoms with E-state index < -0.39 is 0 Å². The van der Waals surface area contributed by atoms with E-state index in [-0.39, 0.29) is 11.6 Å². The molecule has 0 bridgehead atoms. The van der Waals surface area contributed by atoms with E-state index >= 15 is 0 Å². The first-order chi connectivity index (χ1) is 13.1. The quantitative estimate of drug-likeness (QED) is 0.174. The van der Waals surface area contributed by atoms with Crippen LogP contribution in [0.1, 0.15) is 117 Å². The van der Waals surface area contributed by atoms with Crippen LogP contribution in [-0.4, -0.2) is 18.1 Å². The predicted molar refractivity (Wildman–Crippen MR) is 116 cm³/mol. The van der Waals surface area contributed by atoms with Crippen molar-refractivity contribution in [3.05, 3.63) is 12.2 Å². The minimum atomic E-state index is -0.348. The summed E-state index contributed by atoms with van der Waals surface area (Å²) >= 11 is 0. The Morgan fingerprint density at radius 1 is 0.963 bits per heavy atom. The second-order valence-corrected chi connectivity index (χ2v) is 8.52. The zero-order valence-electron chi connectivity index (χ0n) is 18.1. The molecule has 2 unspecified atom stereocenters. The maximum atomic E-state index is 12.0. The summed E-state index contributed by atoms with van der Waals surface area (Å²) in [6.45, 7) is 4.86. The van der Waals surface area contributed by atoms with Gasteiger partial charge in [-0.1, -0.05) is 77.4 Å². The molecule has 3 nitrogen and oxygen atoms in total. The topological polar surface area (TPSA) is 52.3 Å². The van der Waals surface area contributed by atoms with E-state index in [0.717, 1.165) is 25.7 Å². The molecule has 0 spiro atoms. The van der Waals surface area contributed by atoms with Crippen LogP contribution in [-0.2, 0) is 9.53 Å². The highest BCUT2D eigenvalue weighted by Crippen LogP contribution is 2.41. The molecule has 3 heteroatoms. The second kappa shape index (κ2) is 15.1. The van der Waals surface area contributed by atoms with Gasteiger partial charge in [0.2, 0.25) is 0 Å². The molecular formula is C24H45NO2. The molecule has 1 aliphatic rings. The highest BCUT2D eigenvalue weighted by atomic mass is 16.6. The van der Waals surface area contributed by atoms with E-state index in [0.29, 0.717) is 18.9 Å². The number of carbonyl (C=O) groups is 1. The van der Waals surface area contributed by atoms with Crippen LogP contribution < -0.4 is 5.73 Å². The van der Waals surface area contributed by atoms with Gasteiger partial charge in [-0.25, -0.2) is 0 Å². The van der Waals surface area contributed by atoms with E-state index in [1.807, 2.05) is 0 Å². The first-order valence-electron chi connectivity index (χ1n) is 11.7. The largest absolute Gasteiger partial charge is 0.457 e. The summed E-state index contributed by atoms with van der Waals surface area (Å²) in [6, 6.07) is 0. The molecule has 1 fully saturated rings. The van der Waals surface area contributed by atoms with E-state index in [9.17, 15) is 4.79 Å². The molecule has 0 saturated heterocycles. The van der Waals surface area contributed by atoms with Gasteiger partial charge in [0.25, 0.3) is 0 Å². The van der Waals surface area contributed by atoms with Crippen molar-refractivity contribution >= 4 is 5.97 Å². The maximum Gasteiger partial charge on any atom is 0.306 e. The molecule has 0 aromatic heterocycles. The van der Waals surface area contributed by atoms with Crippen molar-refractivity contribution in [3.8, 4) is 0 Å². The first kappa shape index (κ1) is 24.2. The summed E-state index contributed by atoms with van der Waals surface area (Å²) in [5.74, 6) is 0.366. The third-order valence-electron chi connectivity index (χ3n) is 6.20. The van der Waals surface area contributed by atoms with Crippen LogP contribution >= 0.6 is 0 Å². The summed E-state index contributed by atoms with van der Waals surface area (Å²) < 4.78 is 5.68. The lowest BCUT2D eigenvalue weighted by Gasteiger charge is -2.46. The summed E-state index contributed by atoms with van der Waals surface area (Å²) in [5, 5.41) is 0. The number of nitrogens with two attached hydrogens (primary N) is 1. The number of allylic oxidation sites excluding steroid dienone is 2. The number of hydrogen-bond donors (Lipinski definition) is 1. The second-order valence-electron chi connectivity index (χ2n) is 8.52. The fraction of sp³-hybridized carbons (Fsp3) is 0.875. The minimum absolute atomic E-state index is 0.0513. The van der Waals surface area contributed by atoms with Gasteiger partial charge in [-0.15, -0.1) is 0 Å². The van der Waals surface area contributed by atoms with Crippen molar-refractivity contribution in [1.29, 1.82) is 0 Å². The number of unbranched alkanes of at least 4 members (excludes halogenated alkanes) is 11. The molecule has 2 N–H and O–H groups in total. The van der Waals surface area contributed by atoms with Gasteiger partial charge in [0, 0.05) is 13.0 Å². The number of esters is 1. The number of rotatable bonds is 17. The van der Waals surface area contributed by atoms with Crippen molar-refractivity contribution < 1.29 is 9.53 Å². The average Bonchev–Trinajstić information content (AvgIpc) is 2.67. The van der Waals surface area contributed by atoms with E-state index in [1.165, 1.54) is 70.6 Å². The fourth-order valence-corrected chi connectivity index (χ4v) is 3.87. The Bertz CT molecular complexity index is 403. The molecule has 2 atom stereocenters. The smallest absolute Gasteiger partial charge is 0.306 e. The number of hydrogen-bond acceptors (Lipinski definition) is 3. The van der Waals surface area contributed by atoms with Gasteiger partial charge in [-0.05, 0) is 50.9 Å². The summed E-state index contributed by atoms with van der Waals surface area (Å²) in [7, 11) is 0. The normalized spacial score (nSPS) is 22.1. The van der Waals surface area contributed by atoms with E-state index in [4.69, 9.17) is 10.5 Å². The van der Waals surface area contributed by atoms with Crippen molar-refractivity contribution in [2.75, 3.05) is 6.54 Å². The molecule has 0 heterocycles. The number of carbonyl (C=O) groups excluding carboxylic acids is 1. The van der Waals surface area contributed by atoms with Gasteiger partial charge in [0.1, 0.15) is 5.60 Å². The van der Waals surface area contributed by atoms with Gasteiger partial charge in [-0.3, -0.25) is 4.79 Å². The molecule has 1 saturated carbocycles. The Morgan fingerprint density at radius 3 is 2.00 bits per heavy atom. The van der Waals surface area contributed by atoms with Crippen molar-refractivity contribution in [2.45, 2.75) is 122 Å². The lowest BCUT2D eigenvalue weighted by atomic mass is 9.70. The molecule has 0 aromatic rings. The lowest BCUT2D eigenvalue weighted by Crippen LogP contribution is -2.54. The van der Waals surface area contributed by atoms with Crippen LogP contribution in [0, 0.1) is 5.92 Å². The summed E-state index contributed by atoms with van der Waals surface area (Å²) in [4.78, 5) is 12.0. The fourth-order valence-electron chi connectivity index (χ4n) is 3.87. The highest BCUT2D eigenvalue weighted by Gasteiger charge is 2.46. The molecule has 0 radical (unpaired) electrons. The molecule has 0 amide bonds. The van der Waals surface area contributed by atoms with Crippen molar-refractivity contribution in [2.24, 2.45) is 11.7 Å². The molecule has 1 rings (SSSR count). The van der Waals surface area contributed by atoms with Crippen molar-refractivity contribution in [1.82, 2.24) is 0 Å². The first-order valence-corrected chi connectivity index (χ1v) is 11.7. The third kappa shape index (κ3) is 10.3. The van der Waals surface area contributed by atoms with Gasteiger partial charge in [0.05, 0.1) is 0 Å². The molecule has 0 aromatic carbocycles. The van der Waals surface area contributed by atoms with Gasteiger partial charge < -0.3 is 10.5 Å². The Morgan fingerprint density at radius 2 is 1.52 bits per heavy atom. The summed E-state index contributed by atoms with van der Waals surface area (Å²) in [5.41, 5.74) is 5.46. The molecular weight excluding hydrogens is 334 g/mol. The van der Waals surface area contributed by atoms with Crippen LogP contribution in [0.25, 0.3) is 0 Å². The van der Waals surface area contributed by atoms with E-state index in [2.05, 4.69) is 26.0 Å². The van der Waals surface area contributed by atoms with Crippen LogP contribution in [0.5, 0.6) is 0 Å². The van der Waals surface area contributed by atoms with Crippen molar-refractivity contribution in [3.63, 3.8) is 0 Å². The van der Waals surface area contributed by atoms with Crippen LogP contribution in [0.4, 0.5) is 0 Å². The molecule has 27 heavy (non-hydrogen) atoms. The summed E-state index contributed by atoms with van der Waals surface area (Å²) in [6.07, 6.45) is 23.9. The minimum Gasteiger partial charge on any atom is -0.457 e. The Labute approximate surface area is 168 Å². The molecule has 158 valence electrons. The maximum absolute atomic E-state index is 12.0. The number of ether oxygens (including phenoxy) is 1. The van der Waals surface area contributed by atoms with E-state index in [1.54, 1.807) is 0 Å². The highest BCUT2D eigenvalue weighted by molar-refractivity contribution is 5.70. The van der Waals surface area contributed by atoms with Crippen LogP contribution in [0.2, 0.25) is 0 Å². The Balaban J connectivity index is 1.86. The monoisotopic (exact) mass is 379 g/mol. The Kier molecular flexibility index (Phi) is 13.6. The van der Waals surface area contributed by atoms with Gasteiger partial charge in [-0.2, -0.15) is 0 Å². The van der Waals surface area contributed by atoms with Crippen LogP contribution in [0.3, 0.4) is 0 Å². The average molecular weight is 380 g/mol. The zero-order chi connectivity index (χ0) is 19.8. The lowest BCUT2D eigenvalue weighted by molar-refractivity contribution is -0.178. The van der Waals surface area contributed by atoms with Gasteiger partial charge in [0.15, 0.2) is 0 Å². The SMILES string of the molecule is CCCCCCCCC=CCCCCCCCC(=O)OC1(CN)CCC1C. The molecule has 0 aliphatic heterocycles. The molecule has 1 aliphatic carbocycles. The predicted octanol–water partition coefficient (Wildman–Crippen LogP) is 6.69. The third-order valence-corrected chi connectivity index (χ3v) is 6.20. The Hall–Kier alpha value is -0.830. The standard InChI is InChI=1S/C24H45NO2/c1-3-4-5-6-7-8-9-10-11-12-13-14-15-16-17-18-23(26)27-24(21-25)20-19-22(24)2/h10-11,22H,3-9,12-21,25H2,1-2H3. The van der Waals surface area contributed by atoms with Gasteiger partial charge >= 0.3 is 5.97 Å². The zero-order valence-corrected chi connectivity index (χ0v) is 18.1.